The van der Waals surface area contributed by atoms with E-state index in [-0.39, 0.29) is 5.54 Å². The number of methoxy groups -OCH3 is 1. The maximum atomic E-state index is 6.12. The quantitative estimate of drug-likeness (QED) is 0.876. The van der Waals surface area contributed by atoms with Gasteiger partial charge in [0.25, 0.3) is 0 Å². The molecule has 0 heterocycles. The summed E-state index contributed by atoms with van der Waals surface area (Å²) in [5.41, 5.74) is 7.45. The van der Waals surface area contributed by atoms with Crippen LogP contribution in [-0.4, -0.2) is 37.7 Å². The van der Waals surface area contributed by atoms with Crippen molar-refractivity contribution in [2.45, 2.75) is 24.8 Å². The molecule has 1 fully saturated rings. The van der Waals surface area contributed by atoms with Crippen LogP contribution in [0.5, 0.6) is 5.75 Å². The first-order valence-electron chi connectivity index (χ1n) is 6.32. The van der Waals surface area contributed by atoms with Crippen LogP contribution in [0.15, 0.2) is 22.7 Å². The van der Waals surface area contributed by atoms with Crippen molar-refractivity contribution >= 4 is 15.9 Å². The Morgan fingerprint density at radius 1 is 1.44 bits per heavy atom. The lowest BCUT2D eigenvalue weighted by Crippen LogP contribution is -2.38. The molecule has 0 spiro atoms. The Morgan fingerprint density at radius 2 is 2.17 bits per heavy atom. The van der Waals surface area contributed by atoms with Gasteiger partial charge in [0.05, 0.1) is 7.11 Å². The zero-order valence-electron chi connectivity index (χ0n) is 11.1. The number of nitrogens with two attached hydrogens (primary N) is 1. The van der Waals surface area contributed by atoms with Crippen molar-refractivity contribution in [3.63, 3.8) is 0 Å². The summed E-state index contributed by atoms with van der Waals surface area (Å²) in [7, 11) is 3.85. The molecule has 2 N–H and O–H groups in total. The average molecular weight is 313 g/mol. The Labute approximate surface area is 117 Å². The summed E-state index contributed by atoms with van der Waals surface area (Å²) >= 11 is 3.50. The molecule has 0 unspecified atom stereocenters. The predicted octanol–water partition coefficient (Wildman–Crippen LogP) is 2.42. The molecule has 0 atom stereocenters. The highest BCUT2D eigenvalue weighted by Crippen LogP contribution is 2.32. The van der Waals surface area contributed by atoms with Crippen LogP contribution in [0.4, 0.5) is 0 Å². The highest BCUT2D eigenvalue weighted by atomic mass is 79.9. The SMILES string of the molecule is COc1ccc(Br)cc1CCN(C)CC1(N)CC1. The summed E-state index contributed by atoms with van der Waals surface area (Å²) in [6.45, 7) is 2.00. The van der Waals surface area contributed by atoms with Crippen molar-refractivity contribution in [1.29, 1.82) is 0 Å². The predicted molar refractivity (Wildman–Crippen MR) is 78.0 cm³/mol. The minimum absolute atomic E-state index is 0.0934. The molecule has 1 saturated carbocycles. The van der Waals surface area contributed by atoms with E-state index in [4.69, 9.17) is 10.5 Å². The molecule has 3 nitrogen and oxygen atoms in total. The molecule has 0 aromatic heterocycles. The van der Waals surface area contributed by atoms with Crippen LogP contribution in [0.25, 0.3) is 0 Å². The van der Waals surface area contributed by atoms with Crippen molar-refractivity contribution in [2.75, 3.05) is 27.2 Å². The molecule has 0 saturated heterocycles. The summed E-state index contributed by atoms with van der Waals surface area (Å²) < 4.78 is 6.48. The lowest BCUT2D eigenvalue weighted by atomic mass is 10.1. The van der Waals surface area contributed by atoms with Gasteiger partial charge in [0.1, 0.15) is 5.75 Å². The van der Waals surface area contributed by atoms with Crippen molar-refractivity contribution in [3.05, 3.63) is 28.2 Å². The normalized spacial score (nSPS) is 16.9. The minimum atomic E-state index is 0.0934. The van der Waals surface area contributed by atoms with Gasteiger partial charge in [-0.15, -0.1) is 0 Å². The Kier molecular flexibility index (Phi) is 4.30. The van der Waals surface area contributed by atoms with Crippen molar-refractivity contribution in [1.82, 2.24) is 4.90 Å². The molecule has 4 heteroatoms. The number of likely N-dealkylation sites (N-methyl/N-ethyl adjacent to an activating group) is 1. The third kappa shape index (κ3) is 3.70. The Bertz CT molecular complexity index is 418. The zero-order chi connectivity index (χ0) is 13.2. The van der Waals surface area contributed by atoms with E-state index in [0.29, 0.717) is 0 Å². The van der Waals surface area contributed by atoms with E-state index in [2.05, 4.69) is 33.9 Å². The van der Waals surface area contributed by atoms with Gasteiger partial charge in [-0.1, -0.05) is 15.9 Å². The molecular formula is C14H21BrN2O. The Morgan fingerprint density at radius 3 is 2.78 bits per heavy atom. The maximum Gasteiger partial charge on any atom is 0.122 e. The molecule has 1 aromatic rings. The molecular weight excluding hydrogens is 292 g/mol. The van der Waals surface area contributed by atoms with E-state index < -0.39 is 0 Å². The van der Waals surface area contributed by atoms with Crippen LogP contribution < -0.4 is 10.5 Å². The van der Waals surface area contributed by atoms with Crippen LogP contribution in [0.3, 0.4) is 0 Å². The number of hydrogen-bond donors (Lipinski definition) is 1. The van der Waals surface area contributed by atoms with E-state index in [1.54, 1.807) is 7.11 Å². The smallest absolute Gasteiger partial charge is 0.122 e. The van der Waals surface area contributed by atoms with Gasteiger partial charge in [-0.2, -0.15) is 0 Å². The van der Waals surface area contributed by atoms with E-state index >= 15 is 0 Å². The Balaban J connectivity index is 1.90. The van der Waals surface area contributed by atoms with Gasteiger partial charge in [-0.3, -0.25) is 0 Å². The lowest BCUT2D eigenvalue weighted by Gasteiger charge is -2.21. The van der Waals surface area contributed by atoms with Gasteiger partial charge in [-0.05, 0) is 50.1 Å². The molecule has 0 bridgehead atoms. The lowest BCUT2D eigenvalue weighted by molar-refractivity contribution is 0.304. The second-order valence-corrected chi connectivity index (χ2v) is 6.22. The van der Waals surface area contributed by atoms with Gasteiger partial charge < -0.3 is 15.4 Å². The van der Waals surface area contributed by atoms with Crippen LogP contribution in [0.2, 0.25) is 0 Å². The molecule has 2 rings (SSSR count). The first kappa shape index (κ1) is 13.8. The number of halogens is 1. The van der Waals surface area contributed by atoms with E-state index in [9.17, 15) is 0 Å². The molecule has 0 amide bonds. The van der Waals surface area contributed by atoms with Gasteiger partial charge in [-0.25, -0.2) is 0 Å². The van der Waals surface area contributed by atoms with Crippen LogP contribution >= 0.6 is 15.9 Å². The third-order valence-corrected chi connectivity index (χ3v) is 3.98. The van der Waals surface area contributed by atoms with Gasteiger partial charge in [0.2, 0.25) is 0 Å². The summed E-state index contributed by atoms with van der Waals surface area (Å²) in [5.74, 6) is 0.959. The summed E-state index contributed by atoms with van der Waals surface area (Å²) in [5, 5.41) is 0. The van der Waals surface area contributed by atoms with Crippen LogP contribution in [0, 0.1) is 0 Å². The molecule has 18 heavy (non-hydrogen) atoms. The second kappa shape index (κ2) is 5.59. The highest BCUT2D eigenvalue weighted by Gasteiger charge is 2.38. The highest BCUT2D eigenvalue weighted by molar-refractivity contribution is 9.10. The number of ether oxygens (including phenoxy) is 1. The van der Waals surface area contributed by atoms with E-state index in [0.717, 1.165) is 42.6 Å². The molecule has 1 aromatic carbocycles. The molecule has 1 aliphatic rings. The van der Waals surface area contributed by atoms with E-state index in [1.807, 2.05) is 12.1 Å². The minimum Gasteiger partial charge on any atom is -0.496 e. The number of benzene rings is 1. The fraction of sp³-hybridized carbons (Fsp3) is 0.571. The monoisotopic (exact) mass is 312 g/mol. The zero-order valence-corrected chi connectivity index (χ0v) is 12.7. The number of nitrogens with zero attached hydrogens (tertiary/aromatic N) is 1. The van der Waals surface area contributed by atoms with Crippen molar-refractivity contribution in [2.24, 2.45) is 5.73 Å². The molecule has 0 aliphatic heterocycles. The standard InChI is InChI=1S/C14H21BrN2O/c1-17(10-14(16)6-7-14)8-5-11-9-12(15)3-4-13(11)18-2/h3-4,9H,5-8,10,16H2,1-2H3. The summed E-state index contributed by atoms with van der Waals surface area (Å²) in [4.78, 5) is 2.31. The molecule has 1 aliphatic carbocycles. The van der Waals surface area contributed by atoms with Crippen molar-refractivity contribution in [3.8, 4) is 5.75 Å². The fourth-order valence-corrected chi connectivity index (χ4v) is 2.60. The first-order chi connectivity index (χ1) is 8.52. The largest absolute Gasteiger partial charge is 0.496 e. The van der Waals surface area contributed by atoms with E-state index in [1.165, 1.54) is 5.56 Å². The van der Waals surface area contributed by atoms with Gasteiger partial charge in [0.15, 0.2) is 0 Å². The third-order valence-electron chi connectivity index (χ3n) is 3.48. The number of rotatable bonds is 6. The molecule has 0 radical (unpaired) electrons. The van der Waals surface area contributed by atoms with Gasteiger partial charge >= 0.3 is 0 Å². The Hall–Kier alpha value is -0.580. The number of hydrogen-bond acceptors (Lipinski definition) is 3. The maximum absolute atomic E-state index is 6.12. The topological polar surface area (TPSA) is 38.5 Å². The van der Waals surface area contributed by atoms with Crippen LogP contribution in [0.1, 0.15) is 18.4 Å². The molecule has 100 valence electrons. The van der Waals surface area contributed by atoms with Crippen LogP contribution in [-0.2, 0) is 6.42 Å². The van der Waals surface area contributed by atoms with Crippen molar-refractivity contribution < 1.29 is 4.74 Å². The average Bonchev–Trinajstić information content (AvgIpc) is 3.04. The second-order valence-electron chi connectivity index (χ2n) is 5.31. The summed E-state index contributed by atoms with van der Waals surface area (Å²) in [6.07, 6.45) is 3.31. The van der Waals surface area contributed by atoms with Gasteiger partial charge in [0, 0.05) is 23.1 Å². The first-order valence-corrected chi connectivity index (χ1v) is 7.11. The fourth-order valence-electron chi connectivity index (χ4n) is 2.19. The summed E-state index contributed by atoms with van der Waals surface area (Å²) in [6, 6.07) is 6.14.